The van der Waals surface area contributed by atoms with Gasteiger partial charge in [0.2, 0.25) is 5.91 Å². The van der Waals surface area contributed by atoms with Crippen molar-refractivity contribution in [3.8, 4) is 6.07 Å². The van der Waals surface area contributed by atoms with Crippen molar-refractivity contribution >= 4 is 17.5 Å². The molecule has 0 N–H and O–H groups in total. The monoisotopic (exact) mass is 403 g/mol. The number of nitrogens with zero attached hydrogens (tertiary/aromatic N) is 3. The van der Waals surface area contributed by atoms with E-state index in [0.29, 0.717) is 56.8 Å². The highest BCUT2D eigenvalue weighted by atomic mass is 16.5. The van der Waals surface area contributed by atoms with Crippen molar-refractivity contribution in [2.45, 2.75) is 25.7 Å². The summed E-state index contributed by atoms with van der Waals surface area (Å²) in [6.07, 6.45) is 2.83. The van der Waals surface area contributed by atoms with Gasteiger partial charge in [0, 0.05) is 37.3 Å². The third kappa shape index (κ3) is 4.37. The lowest BCUT2D eigenvalue weighted by molar-refractivity contribution is -0.118. The van der Waals surface area contributed by atoms with Crippen LogP contribution in [0.4, 0.5) is 5.69 Å². The minimum Gasteiger partial charge on any atom is -0.378 e. The summed E-state index contributed by atoms with van der Waals surface area (Å²) in [5.74, 6) is 0.123. The summed E-state index contributed by atoms with van der Waals surface area (Å²) in [7, 11) is 0. The van der Waals surface area contributed by atoms with Gasteiger partial charge in [0.1, 0.15) is 0 Å². The van der Waals surface area contributed by atoms with Crippen LogP contribution in [0.3, 0.4) is 0 Å². The topological polar surface area (TPSA) is 73.6 Å². The summed E-state index contributed by atoms with van der Waals surface area (Å²) in [6, 6.07) is 15.2. The van der Waals surface area contributed by atoms with Crippen LogP contribution in [-0.2, 0) is 22.4 Å². The molecule has 0 atom stereocenters. The molecule has 1 fully saturated rings. The molecule has 0 unspecified atom stereocenters. The first-order valence-corrected chi connectivity index (χ1v) is 10.4. The highest BCUT2D eigenvalue weighted by Gasteiger charge is 2.25. The zero-order valence-corrected chi connectivity index (χ0v) is 17.0. The number of benzene rings is 2. The van der Waals surface area contributed by atoms with Crippen LogP contribution in [0.15, 0.2) is 42.5 Å². The molecule has 2 aliphatic rings. The lowest BCUT2D eigenvalue weighted by Crippen LogP contribution is -2.41. The fourth-order valence-corrected chi connectivity index (χ4v) is 4.07. The Bertz CT molecular complexity index is 972. The number of anilines is 1. The molecule has 0 aromatic heterocycles. The van der Waals surface area contributed by atoms with Crippen LogP contribution >= 0.6 is 0 Å². The number of hydrogen-bond acceptors (Lipinski definition) is 4. The number of carbonyl (C=O) groups is 2. The lowest BCUT2D eigenvalue weighted by Gasteiger charge is -2.31. The molecule has 2 aromatic rings. The highest BCUT2D eigenvalue weighted by molar-refractivity contribution is 5.98. The Kier molecular flexibility index (Phi) is 6.10. The van der Waals surface area contributed by atoms with Gasteiger partial charge in [-0.05, 0) is 60.7 Å². The molecule has 0 saturated carbocycles. The van der Waals surface area contributed by atoms with Gasteiger partial charge in [0.05, 0.1) is 24.8 Å². The Balaban J connectivity index is 1.44. The van der Waals surface area contributed by atoms with E-state index in [4.69, 9.17) is 10.00 Å². The number of nitriles is 1. The van der Waals surface area contributed by atoms with E-state index in [-0.39, 0.29) is 11.8 Å². The van der Waals surface area contributed by atoms with Crippen LogP contribution in [0.2, 0.25) is 0 Å². The Morgan fingerprint density at radius 1 is 1.03 bits per heavy atom. The standard InChI is InChI=1S/C24H25N3O3/c25-17-19-5-3-18(4-6-19)7-10-23(28)27-11-1-2-20-16-21(8-9-22(20)27)24(29)26-12-14-30-15-13-26/h3-6,8-9,16H,1-2,7,10-15H2. The van der Waals surface area contributed by atoms with Gasteiger partial charge in [-0.3, -0.25) is 9.59 Å². The van der Waals surface area contributed by atoms with E-state index >= 15 is 0 Å². The van der Waals surface area contributed by atoms with E-state index in [1.54, 1.807) is 12.1 Å². The number of ether oxygens (including phenoxy) is 1. The average Bonchev–Trinajstić information content (AvgIpc) is 2.82. The van der Waals surface area contributed by atoms with Gasteiger partial charge in [-0.2, -0.15) is 5.26 Å². The third-order valence-corrected chi connectivity index (χ3v) is 5.76. The SMILES string of the molecule is N#Cc1ccc(CCC(=O)N2CCCc3cc(C(=O)N4CCOCC4)ccc32)cc1. The highest BCUT2D eigenvalue weighted by Crippen LogP contribution is 2.29. The Labute approximate surface area is 176 Å². The first kappa shape index (κ1) is 20.1. The van der Waals surface area contributed by atoms with Gasteiger partial charge in [0.15, 0.2) is 0 Å². The minimum absolute atomic E-state index is 0.0327. The van der Waals surface area contributed by atoms with Crippen molar-refractivity contribution in [1.82, 2.24) is 4.90 Å². The molecule has 6 nitrogen and oxygen atoms in total. The molecule has 1 saturated heterocycles. The maximum atomic E-state index is 12.9. The summed E-state index contributed by atoms with van der Waals surface area (Å²) in [4.78, 5) is 29.4. The molecule has 6 heteroatoms. The summed E-state index contributed by atoms with van der Waals surface area (Å²) in [5.41, 5.74) is 4.34. The number of carbonyl (C=O) groups excluding carboxylic acids is 2. The van der Waals surface area contributed by atoms with Crippen LogP contribution < -0.4 is 4.90 Å². The fraction of sp³-hybridized carbons (Fsp3) is 0.375. The summed E-state index contributed by atoms with van der Waals surface area (Å²) < 4.78 is 5.33. The van der Waals surface area contributed by atoms with Crippen molar-refractivity contribution in [3.05, 3.63) is 64.7 Å². The predicted molar refractivity (Wildman–Crippen MR) is 113 cm³/mol. The number of morpholine rings is 1. The number of fused-ring (bicyclic) bond motifs is 1. The molecular weight excluding hydrogens is 378 g/mol. The van der Waals surface area contributed by atoms with Gasteiger partial charge in [-0.25, -0.2) is 0 Å². The molecule has 30 heavy (non-hydrogen) atoms. The number of hydrogen-bond donors (Lipinski definition) is 0. The van der Waals surface area contributed by atoms with Crippen LogP contribution in [0.1, 0.15) is 39.9 Å². The molecule has 2 aromatic carbocycles. The van der Waals surface area contributed by atoms with E-state index in [9.17, 15) is 9.59 Å². The summed E-state index contributed by atoms with van der Waals surface area (Å²) >= 11 is 0. The largest absolute Gasteiger partial charge is 0.378 e. The Hall–Kier alpha value is -3.17. The quantitative estimate of drug-likeness (QED) is 0.787. The third-order valence-electron chi connectivity index (χ3n) is 5.76. The maximum absolute atomic E-state index is 12.9. The van der Waals surface area contributed by atoms with E-state index in [1.165, 1.54) is 0 Å². The average molecular weight is 403 g/mol. The van der Waals surface area contributed by atoms with E-state index < -0.39 is 0 Å². The molecule has 154 valence electrons. The molecule has 0 radical (unpaired) electrons. The molecule has 0 aliphatic carbocycles. The number of amides is 2. The van der Waals surface area contributed by atoms with Crippen molar-refractivity contribution in [2.24, 2.45) is 0 Å². The molecule has 0 bridgehead atoms. The second-order valence-corrected chi connectivity index (χ2v) is 7.71. The second-order valence-electron chi connectivity index (χ2n) is 7.71. The zero-order valence-electron chi connectivity index (χ0n) is 17.0. The van der Waals surface area contributed by atoms with Gasteiger partial charge < -0.3 is 14.5 Å². The molecule has 4 rings (SSSR count). The molecule has 2 heterocycles. The molecule has 2 aliphatic heterocycles. The van der Waals surface area contributed by atoms with Gasteiger partial charge in [-0.15, -0.1) is 0 Å². The van der Waals surface area contributed by atoms with Gasteiger partial charge in [0.25, 0.3) is 5.91 Å². The Morgan fingerprint density at radius 3 is 2.53 bits per heavy atom. The van der Waals surface area contributed by atoms with Crippen LogP contribution in [-0.4, -0.2) is 49.6 Å². The van der Waals surface area contributed by atoms with Crippen molar-refractivity contribution in [3.63, 3.8) is 0 Å². The predicted octanol–water partition coefficient (Wildman–Crippen LogP) is 2.94. The van der Waals surface area contributed by atoms with Crippen molar-refractivity contribution in [1.29, 1.82) is 5.26 Å². The van der Waals surface area contributed by atoms with E-state index in [2.05, 4.69) is 6.07 Å². The molecule has 0 spiro atoms. The van der Waals surface area contributed by atoms with Gasteiger partial charge in [-0.1, -0.05) is 12.1 Å². The minimum atomic E-state index is 0.0327. The van der Waals surface area contributed by atoms with E-state index in [0.717, 1.165) is 29.7 Å². The van der Waals surface area contributed by atoms with Gasteiger partial charge >= 0.3 is 0 Å². The lowest BCUT2D eigenvalue weighted by atomic mass is 9.98. The smallest absolute Gasteiger partial charge is 0.254 e. The number of rotatable bonds is 4. The van der Waals surface area contributed by atoms with Crippen LogP contribution in [0.25, 0.3) is 0 Å². The maximum Gasteiger partial charge on any atom is 0.254 e. The first-order valence-electron chi connectivity index (χ1n) is 10.4. The normalized spacial score (nSPS) is 16.0. The Morgan fingerprint density at radius 2 is 1.80 bits per heavy atom. The zero-order chi connectivity index (χ0) is 20.9. The fourth-order valence-electron chi connectivity index (χ4n) is 4.07. The first-order chi connectivity index (χ1) is 14.7. The van der Waals surface area contributed by atoms with Crippen LogP contribution in [0, 0.1) is 11.3 Å². The van der Waals surface area contributed by atoms with Crippen molar-refractivity contribution < 1.29 is 14.3 Å². The van der Waals surface area contributed by atoms with Crippen LogP contribution in [0.5, 0.6) is 0 Å². The van der Waals surface area contributed by atoms with Crippen molar-refractivity contribution in [2.75, 3.05) is 37.7 Å². The second kappa shape index (κ2) is 9.10. The van der Waals surface area contributed by atoms with E-state index in [1.807, 2.05) is 40.1 Å². The molecule has 2 amide bonds. The molecular formula is C24H25N3O3. The summed E-state index contributed by atoms with van der Waals surface area (Å²) in [5, 5.41) is 8.90. The summed E-state index contributed by atoms with van der Waals surface area (Å²) in [6.45, 7) is 3.11. The number of aryl methyl sites for hydroxylation is 2.